The number of aromatic amines is 1. The van der Waals surface area contributed by atoms with Crippen molar-refractivity contribution in [3.8, 4) is 5.75 Å². The first-order chi connectivity index (χ1) is 12.7. The third kappa shape index (κ3) is 3.36. The highest BCUT2D eigenvalue weighted by Crippen LogP contribution is 2.23. The first-order valence-corrected chi connectivity index (χ1v) is 8.93. The van der Waals surface area contributed by atoms with Crippen LogP contribution in [-0.4, -0.2) is 36.6 Å². The molecule has 3 aromatic rings. The average molecular weight is 349 g/mol. The molecule has 1 unspecified atom stereocenters. The number of pyridine rings is 1. The lowest BCUT2D eigenvalue weighted by atomic mass is 10.0. The second-order valence-electron chi connectivity index (χ2n) is 6.71. The van der Waals surface area contributed by atoms with Crippen molar-refractivity contribution < 1.29 is 4.74 Å². The van der Waals surface area contributed by atoms with Gasteiger partial charge in [0.05, 0.1) is 7.11 Å². The number of piperazine rings is 1. The van der Waals surface area contributed by atoms with E-state index in [0.717, 1.165) is 48.3 Å². The van der Waals surface area contributed by atoms with E-state index in [1.165, 1.54) is 5.56 Å². The van der Waals surface area contributed by atoms with Crippen LogP contribution in [0.1, 0.15) is 17.2 Å². The number of benzene rings is 2. The van der Waals surface area contributed by atoms with E-state index in [1.54, 1.807) is 7.11 Å². The minimum Gasteiger partial charge on any atom is -0.497 e. The van der Waals surface area contributed by atoms with Crippen molar-refractivity contribution in [2.75, 3.05) is 26.7 Å². The Hall–Kier alpha value is -2.63. The molecule has 1 aliphatic rings. The van der Waals surface area contributed by atoms with Gasteiger partial charge in [0.25, 0.3) is 5.56 Å². The summed E-state index contributed by atoms with van der Waals surface area (Å²) in [7, 11) is 1.70. The summed E-state index contributed by atoms with van der Waals surface area (Å²) in [6, 6.07) is 16.3. The molecule has 1 fully saturated rings. The highest BCUT2D eigenvalue weighted by molar-refractivity contribution is 5.84. The molecule has 1 atom stereocenters. The van der Waals surface area contributed by atoms with Crippen LogP contribution in [0.5, 0.6) is 5.75 Å². The zero-order chi connectivity index (χ0) is 17.9. The van der Waals surface area contributed by atoms with E-state index >= 15 is 0 Å². The van der Waals surface area contributed by atoms with Crippen LogP contribution in [0.15, 0.2) is 59.5 Å². The molecule has 1 aliphatic heterocycles. The molecule has 0 spiro atoms. The van der Waals surface area contributed by atoms with Gasteiger partial charge in [-0.3, -0.25) is 9.69 Å². The van der Waals surface area contributed by atoms with E-state index in [9.17, 15) is 4.79 Å². The van der Waals surface area contributed by atoms with Gasteiger partial charge >= 0.3 is 0 Å². The first kappa shape index (κ1) is 16.8. The third-order valence-electron chi connectivity index (χ3n) is 5.04. The molecule has 2 heterocycles. The third-order valence-corrected chi connectivity index (χ3v) is 5.04. The van der Waals surface area contributed by atoms with Crippen LogP contribution in [0.25, 0.3) is 10.8 Å². The predicted octanol–water partition coefficient (Wildman–Crippen LogP) is 2.68. The molecule has 0 radical (unpaired) electrons. The Kier molecular flexibility index (Phi) is 4.73. The maximum Gasteiger partial charge on any atom is 0.255 e. The number of methoxy groups -OCH3 is 1. The molecule has 26 heavy (non-hydrogen) atoms. The Morgan fingerprint density at radius 2 is 2.00 bits per heavy atom. The summed E-state index contributed by atoms with van der Waals surface area (Å²) in [6.07, 6.45) is 1.85. The average Bonchev–Trinajstić information content (AvgIpc) is 2.71. The van der Waals surface area contributed by atoms with Crippen LogP contribution in [0.2, 0.25) is 0 Å². The number of nitrogens with one attached hydrogen (secondary N) is 2. The quantitative estimate of drug-likeness (QED) is 0.760. The van der Waals surface area contributed by atoms with Crippen molar-refractivity contribution in [2.24, 2.45) is 0 Å². The second-order valence-corrected chi connectivity index (χ2v) is 6.71. The normalized spacial score (nSPS) is 18.1. The van der Waals surface area contributed by atoms with Crippen molar-refractivity contribution >= 4 is 10.8 Å². The zero-order valence-corrected chi connectivity index (χ0v) is 14.9. The molecule has 5 nitrogen and oxygen atoms in total. The van der Waals surface area contributed by atoms with E-state index in [2.05, 4.69) is 27.3 Å². The van der Waals surface area contributed by atoms with Crippen LogP contribution in [0.4, 0.5) is 0 Å². The van der Waals surface area contributed by atoms with Gasteiger partial charge in [-0.2, -0.15) is 0 Å². The number of hydrogen-bond donors (Lipinski definition) is 2. The molecule has 0 aliphatic carbocycles. The standard InChI is InChI=1S/C21H23N3O2/c1-26-17-6-4-5-15(11-17)20-14-24(10-9-22-20)13-16-12-23-21(25)19-8-3-2-7-18(16)19/h2-8,11-12,20,22H,9-10,13-14H2,1H3,(H,23,25). The minimum atomic E-state index is -0.0288. The lowest BCUT2D eigenvalue weighted by Gasteiger charge is -2.34. The fraction of sp³-hybridized carbons (Fsp3) is 0.286. The summed E-state index contributed by atoms with van der Waals surface area (Å²) in [4.78, 5) is 17.3. The number of fused-ring (bicyclic) bond motifs is 1. The molecule has 0 amide bonds. The van der Waals surface area contributed by atoms with Gasteiger partial charge < -0.3 is 15.0 Å². The largest absolute Gasteiger partial charge is 0.497 e. The van der Waals surface area contributed by atoms with Gasteiger partial charge in [-0.25, -0.2) is 0 Å². The van der Waals surface area contributed by atoms with Gasteiger partial charge in [0.2, 0.25) is 0 Å². The predicted molar refractivity (Wildman–Crippen MR) is 104 cm³/mol. The van der Waals surface area contributed by atoms with Crippen LogP contribution in [0, 0.1) is 0 Å². The maximum atomic E-state index is 12.0. The van der Waals surface area contributed by atoms with Gasteiger partial charge in [-0.05, 0) is 34.7 Å². The minimum absolute atomic E-state index is 0.0288. The number of hydrogen-bond acceptors (Lipinski definition) is 4. The Morgan fingerprint density at radius 3 is 2.85 bits per heavy atom. The summed E-state index contributed by atoms with van der Waals surface area (Å²) in [5, 5.41) is 5.38. The summed E-state index contributed by atoms with van der Waals surface area (Å²) < 4.78 is 5.35. The maximum absolute atomic E-state index is 12.0. The van der Waals surface area contributed by atoms with Gasteiger partial charge in [-0.1, -0.05) is 30.3 Å². The molecule has 2 aromatic carbocycles. The highest BCUT2D eigenvalue weighted by atomic mass is 16.5. The highest BCUT2D eigenvalue weighted by Gasteiger charge is 2.21. The molecule has 4 rings (SSSR count). The van der Waals surface area contributed by atoms with Crippen LogP contribution in [-0.2, 0) is 6.54 Å². The molecule has 1 saturated heterocycles. The van der Waals surface area contributed by atoms with Gasteiger partial charge in [-0.15, -0.1) is 0 Å². The van der Waals surface area contributed by atoms with E-state index in [1.807, 2.05) is 42.6 Å². The molecule has 1 aromatic heterocycles. The molecule has 0 saturated carbocycles. The summed E-state index contributed by atoms with van der Waals surface area (Å²) in [6.45, 7) is 3.65. The van der Waals surface area contributed by atoms with Gasteiger partial charge in [0, 0.05) is 43.8 Å². The topological polar surface area (TPSA) is 57.4 Å². The van der Waals surface area contributed by atoms with E-state index in [-0.39, 0.29) is 11.6 Å². The lowest BCUT2D eigenvalue weighted by molar-refractivity contribution is 0.193. The number of aromatic nitrogens is 1. The molecular weight excluding hydrogens is 326 g/mol. The van der Waals surface area contributed by atoms with Crippen LogP contribution < -0.4 is 15.6 Å². The number of nitrogens with zero attached hydrogens (tertiary/aromatic N) is 1. The first-order valence-electron chi connectivity index (χ1n) is 8.93. The smallest absolute Gasteiger partial charge is 0.255 e. The van der Waals surface area contributed by atoms with Gasteiger partial charge in [0.1, 0.15) is 5.75 Å². The molecule has 0 bridgehead atoms. The summed E-state index contributed by atoms with van der Waals surface area (Å²) in [5.41, 5.74) is 2.37. The zero-order valence-electron chi connectivity index (χ0n) is 14.9. The molecule has 5 heteroatoms. The van der Waals surface area contributed by atoms with Crippen molar-refractivity contribution in [3.05, 3.63) is 76.2 Å². The van der Waals surface area contributed by atoms with Crippen molar-refractivity contribution in [1.82, 2.24) is 15.2 Å². The van der Waals surface area contributed by atoms with Crippen molar-refractivity contribution in [3.63, 3.8) is 0 Å². The molecule has 2 N–H and O–H groups in total. The van der Waals surface area contributed by atoms with Crippen molar-refractivity contribution in [1.29, 1.82) is 0 Å². The van der Waals surface area contributed by atoms with Crippen molar-refractivity contribution in [2.45, 2.75) is 12.6 Å². The van der Waals surface area contributed by atoms with E-state index < -0.39 is 0 Å². The van der Waals surface area contributed by atoms with Gasteiger partial charge in [0.15, 0.2) is 0 Å². The Balaban J connectivity index is 1.56. The van der Waals surface area contributed by atoms with E-state index in [4.69, 9.17) is 4.74 Å². The summed E-state index contributed by atoms with van der Waals surface area (Å²) in [5.74, 6) is 0.882. The molecular formula is C21H23N3O2. The Bertz CT molecular complexity index is 967. The number of rotatable bonds is 4. The Morgan fingerprint density at radius 1 is 1.15 bits per heavy atom. The number of H-pyrrole nitrogens is 1. The molecule has 134 valence electrons. The SMILES string of the molecule is COc1cccc(C2CN(Cc3c[nH]c(=O)c4ccccc34)CCN2)c1. The fourth-order valence-electron chi connectivity index (χ4n) is 3.68. The van der Waals surface area contributed by atoms with Crippen LogP contribution in [0.3, 0.4) is 0 Å². The van der Waals surface area contributed by atoms with E-state index in [0.29, 0.717) is 0 Å². The summed E-state index contributed by atoms with van der Waals surface area (Å²) >= 11 is 0. The fourth-order valence-corrected chi connectivity index (χ4v) is 3.68. The van der Waals surface area contributed by atoms with Crippen LogP contribution >= 0.6 is 0 Å². The monoisotopic (exact) mass is 349 g/mol. The second kappa shape index (κ2) is 7.32. The lowest BCUT2D eigenvalue weighted by Crippen LogP contribution is -2.45. The Labute approximate surface area is 152 Å². The number of ether oxygens (including phenoxy) is 1.